The Hall–Kier alpha value is -3.42. The molecule has 0 saturated carbocycles. The van der Waals surface area contributed by atoms with E-state index in [0.717, 1.165) is 18.4 Å². The van der Waals surface area contributed by atoms with Crippen molar-refractivity contribution in [1.82, 2.24) is 9.47 Å². The Bertz CT molecular complexity index is 1440. The lowest BCUT2D eigenvalue weighted by molar-refractivity contribution is -0.148. The Balaban J connectivity index is 1.72. The number of ether oxygens (including phenoxy) is 1. The second-order valence-corrected chi connectivity index (χ2v) is 11.9. The van der Waals surface area contributed by atoms with Crippen LogP contribution in [0, 0.1) is 24.2 Å². The van der Waals surface area contributed by atoms with Gasteiger partial charge in [-0.05, 0) is 56.7 Å². The van der Waals surface area contributed by atoms with Gasteiger partial charge in [0.25, 0.3) is 11.5 Å². The minimum absolute atomic E-state index is 0.0806. The summed E-state index contributed by atoms with van der Waals surface area (Å²) in [4.78, 5) is 43.7. The molecule has 216 valence electrons. The number of aromatic nitrogens is 1. The molecule has 2 saturated heterocycles. The Morgan fingerprint density at radius 1 is 1.17 bits per heavy atom. The average Bonchev–Trinajstić information content (AvgIpc) is 3.25. The smallest absolute Gasteiger partial charge is 0.309 e. The molecule has 0 aliphatic carbocycles. The third-order valence-electron chi connectivity index (χ3n) is 7.61. The number of hydrogen-bond acceptors (Lipinski definition) is 8. The quantitative estimate of drug-likeness (QED) is 0.215. The number of piperidine rings is 1. The van der Waals surface area contributed by atoms with Crippen molar-refractivity contribution in [1.29, 1.82) is 5.26 Å². The van der Waals surface area contributed by atoms with Gasteiger partial charge in [0.05, 0.1) is 17.4 Å². The fourth-order valence-electron chi connectivity index (χ4n) is 5.31. The Morgan fingerprint density at radius 3 is 2.51 bits per heavy atom. The molecule has 0 bridgehead atoms. The molecule has 8 nitrogen and oxygen atoms in total. The van der Waals surface area contributed by atoms with Crippen LogP contribution >= 0.6 is 24.0 Å². The fraction of sp³-hybridized carbons (Fsp3) is 0.452. The van der Waals surface area contributed by atoms with Crippen molar-refractivity contribution < 1.29 is 14.3 Å². The number of carbonyl (C=O) groups excluding carboxylic acids is 2. The molecule has 2 aliphatic rings. The monoisotopic (exact) mass is 592 g/mol. The molecule has 41 heavy (non-hydrogen) atoms. The Morgan fingerprint density at radius 2 is 1.88 bits per heavy atom. The summed E-state index contributed by atoms with van der Waals surface area (Å²) < 4.78 is 7.42. The van der Waals surface area contributed by atoms with E-state index in [1.807, 2.05) is 30.3 Å². The molecule has 3 heterocycles. The summed E-state index contributed by atoms with van der Waals surface area (Å²) in [5.74, 6) is 0.140. The molecule has 0 atom stereocenters. The first kappa shape index (κ1) is 30.5. The highest BCUT2D eigenvalue weighted by Crippen LogP contribution is 2.37. The molecular weight excluding hydrogens is 556 g/mol. The summed E-state index contributed by atoms with van der Waals surface area (Å²) >= 11 is 6.84. The van der Waals surface area contributed by atoms with E-state index >= 15 is 0 Å². The number of amides is 1. The van der Waals surface area contributed by atoms with Crippen molar-refractivity contribution in [2.45, 2.75) is 59.4 Å². The van der Waals surface area contributed by atoms with Gasteiger partial charge < -0.3 is 9.64 Å². The van der Waals surface area contributed by atoms with E-state index in [-0.39, 0.29) is 28.9 Å². The minimum Gasteiger partial charge on any atom is -0.466 e. The number of esters is 1. The van der Waals surface area contributed by atoms with Crippen LogP contribution in [0.25, 0.3) is 6.08 Å². The lowest BCUT2D eigenvalue weighted by Crippen LogP contribution is -2.41. The molecule has 0 radical (unpaired) electrons. The molecule has 0 unspecified atom stereocenters. The summed E-state index contributed by atoms with van der Waals surface area (Å²) in [6, 6.07) is 12.1. The first-order chi connectivity index (χ1) is 19.8. The highest BCUT2D eigenvalue weighted by atomic mass is 32.2. The molecule has 1 aromatic carbocycles. The van der Waals surface area contributed by atoms with Crippen LogP contribution in [-0.2, 0) is 27.3 Å². The number of rotatable bonds is 10. The van der Waals surface area contributed by atoms with Crippen molar-refractivity contribution in [2.24, 2.45) is 5.92 Å². The standard InChI is InChI=1S/C31H36N4O4S2/c1-4-6-15-34-27(33-16-13-23(14-17-33)30(38)39-5-2)24(21(3)25(20-32)28(34)36)19-26-29(37)35(31(40)41-26)18-12-22-10-8-7-9-11-22/h7-11,19,23H,4-6,12-18H2,1-3H3. The summed E-state index contributed by atoms with van der Waals surface area (Å²) in [5.41, 5.74) is 2.10. The molecule has 2 aromatic rings. The van der Waals surface area contributed by atoms with Crippen molar-refractivity contribution in [2.75, 3.05) is 31.1 Å². The van der Waals surface area contributed by atoms with Gasteiger partial charge in [0.1, 0.15) is 21.8 Å². The number of benzene rings is 1. The van der Waals surface area contributed by atoms with E-state index in [9.17, 15) is 19.6 Å². The van der Waals surface area contributed by atoms with Gasteiger partial charge in [0, 0.05) is 31.7 Å². The summed E-state index contributed by atoms with van der Waals surface area (Å²) in [7, 11) is 0. The van der Waals surface area contributed by atoms with Gasteiger partial charge in [0.15, 0.2) is 0 Å². The number of carbonyl (C=O) groups is 2. The van der Waals surface area contributed by atoms with Gasteiger partial charge >= 0.3 is 5.97 Å². The molecule has 0 spiro atoms. The zero-order valence-corrected chi connectivity index (χ0v) is 25.5. The number of nitrogens with zero attached hydrogens (tertiary/aromatic N) is 4. The van der Waals surface area contributed by atoms with Gasteiger partial charge in [-0.2, -0.15) is 5.26 Å². The maximum atomic E-state index is 13.5. The fourth-order valence-corrected chi connectivity index (χ4v) is 6.60. The average molecular weight is 593 g/mol. The van der Waals surface area contributed by atoms with Crippen molar-refractivity contribution in [3.05, 3.63) is 67.8 Å². The van der Waals surface area contributed by atoms with Crippen LogP contribution < -0.4 is 10.5 Å². The Labute approximate surface area is 251 Å². The van der Waals surface area contributed by atoms with Crippen LogP contribution in [0.2, 0.25) is 0 Å². The van der Waals surface area contributed by atoms with E-state index in [1.54, 1.807) is 29.4 Å². The van der Waals surface area contributed by atoms with E-state index < -0.39 is 0 Å². The van der Waals surface area contributed by atoms with Gasteiger partial charge in [-0.25, -0.2) is 0 Å². The summed E-state index contributed by atoms with van der Waals surface area (Å²) in [6.07, 6.45) is 5.32. The molecule has 0 N–H and O–H groups in total. The van der Waals surface area contributed by atoms with E-state index in [0.29, 0.717) is 78.2 Å². The molecule has 2 fully saturated rings. The maximum Gasteiger partial charge on any atom is 0.309 e. The number of hydrogen-bond donors (Lipinski definition) is 0. The summed E-state index contributed by atoms with van der Waals surface area (Å²) in [5, 5.41) is 9.95. The lowest BCUT2D eigenvalue weighted by Gasteiger charge is -2.35. The van der Waals surface area contributed by atoms with Crippen LogP contribution in [-0.4, -0.2) is 51.9 Å². The highest BCUT2D eigenvalue weighted by Gasteiger charge is 2.34. The second-order valence-electron chi connectivity index (χ2n) is 10.2. The summed E-state index contributed by atoms with van der Waals surface area (Å²) in [6.45, 7) is 8.00. The Kier molecular flexibility index (Phi) is 10.4. The highest BCUT2D eigenvalue weighted by molar-refractivity contribution is 8.26. The topological polar surface area (TPSA) is 95.6 Å². The van der Waals surface area contributed by atoms with Crippen molar-refractivity contribution >= 4 is 52.1 Å². The predicted octanol–water partition coefficient (Wildman–Crippen LogP) is 5.05. The zero-order valence-electron chi connectivity index (χ0n) is 23.9. The predicted molar refractivity (Wildman–Crippen MR) is 167 cm³/mol. The zero-order chi connectivity index (χ0) is 29.5. The first-order valence-corrected chi connectivity index (χ1v) is 15.4. The molecule has 2 aliphatic heterocycles. The van der Waals surface area contributed by atoms with Crippen LogP contribution in [0.1, 0.15) is 61.8 Å². The molecular formula is C31H36N4O4S2. The van der Waals surface area contributed by atoms with Crippen LogP contribution in [0.5, 0.6) is 0 Å². The number of thiocarbonyl (C=S) groups is 1. The third-order valence-corrected chi connectivity index (χ3v) is 8.99. The normalized spacial score (nSPS) is 16.9. The van der Waals surface area contributed by atoms with Crippen LogP contribution in [0.15, 0.2) is 40.0 Å². The number of nitriles is 1. The van der Waals surface area contributed by atoms with E-state index in [2.05, 4.69) is 17.9 Å². The number of thioether (sulfide) groups is 1. The van der Waals surface area contributed by atoms with Crippen LogP contribution in [0.3, 0.4) is 0 Å². The largest absolute Gasteiger partial charge is 0.466 e. The van der Waals surface area contributed by atoms with Crippen LogP contribution in [0.4, 0.5) is 5.82 Å². The SMILES string of the molecule is CCCCn1c(N2CCC(C(=O)OCC)CC2)c(C=C2SC(=S)N(CCc3ccccc3)C2=O)c(C)c(C#N)c1=O. The molecule has 10 heteroatoms. The molecule has 1 amide bonds. The van der Waals surface area contributed by atoms with Gasteiger partial charge in [-0.1, -0.05) is 67.7 Å². The first-order valence-electron chi connectivity index (χ1n) is 14.2. The second kappa shape index (κ2) is 14.0. The van der Waals surface area contributed by atoms with Crippen molar-refractivity contribution in [3.63, 3.8) is 0 Å². The van der Waals surface area contributed by atoms with E-state index in [4.69, 9.17) is 17.0 Å². The van der Waals surface area contributed by atoms with Gasteiger partial charge in [-0.15, -0.1) is 0 Å². The molecule has 1 aromatic heterocycles. The maximum absolute atomic E-state index is 13.5. The third kappa shape index (κ3) is 6.74. The lowest BCUT2D eigenvalue weighted by atomic mass is 9.95. The number of anilines is 1. The number of pyridine rings is 1. The van der Waals surface area contributed by atoms with E-state index in [1.165, 1.54) is 11.8 Å². The van der Waals surface area contributed by atoms with Crippen molar-refractivity contribution in [3.8, 4) is 6.07 Å². The molecule has 4 rings (SSSR count). The van der Waals surface area contributed by atoms with Gasteiger partial charge in [0.2, 0.25) is 0 Å². The van der Waals surface area contributed by atoms with Gasteiger partial charge in [-0.3, -0.25) is 23.9 Å². The number of unbranched alkanes of at least 4 members (excludes halogenated alkanes) is 1. The minimum atomic E-state index is -0.325.